The molecule has 5 rings (SSSR count). The zero-order chi connectivity index (χ0) is 26.8. The summed E-state index contributed by atoms with van der Waals surface area (Å²) in [6.07, 6.45) is 2.12. The molecule has 2 aromatic heterocycles. The van der Waals surface area contributed by atoms with Gasteiger partial charge < -0.3 is 20.1 Å². The van der Waals surface area contributed by atoms with Crippen LogP contribution in [0.15, 0.2) is 83.5 Å². The molecule has 2 aromatic carbocycles. The van der Waals surface area contributed by atoms with E-state index >= 15 is 0 Å². The molecule has 1 amide bonds. The molecule has 2 atom stereocenters. The summed E-state index contributed by atoms with van der Waals surface area (Å²) in [6, 6.07) is 24.0. The summed E-state index contributed by atoms with van der Waals surface area (Å²) in [5.41, 5.74) is 7.29. The second kappa shape index (κ2) is 11.1. The van der Waals surface area contributed by atoms with Gasteiger partial charge in [-0.3, -0.25) is 9.78 Å². The molecule has 8 heteroatoms. The molecule has 1 saturated heterocycles. The number of amides is 1. The number of hydrogen-bond acceptors (Lipinski definition) is 3. The predicted molar refractivity (Wildman–Crippen MR) is 160 cm³/mol. The van der Waals surface area contributed by atoms with Gasteiger partial charge in [0, 0.05) is 46.4 Å². The van der Waals surface area contributed by atoms with E-state index in [1.165, 1.54) is 0 Å². The van der Waals surface area contributed by atoms with Gasteiger partial charge in [0.25, 0.3) is 0 Å². The van der Waals surface area contributed by atoms with Crippen molar-refractivity contribution in [3.05, 3.63) is 112 Å². The van der Waals surface area contributed by atoms with Crippen molar-refractivity contribution in [2.24, 2.45) is 0 Å². The molecule has 3 heterocycles. The number of benzene rings is 2. The van der Waals surface area contributed by atoms with Gasteiger partial charge in [0.05, 0.1) is 17.8 Å². The number of pyridine rings is 1. The topological polar surface area (TPSA) is 62.2 Å². The minimum Gasteiger partial charge on any atom is -0.352 e. The van der Waals surface area contributed by atoms with Gasteiger partial charge in [-0.2, -0.15) is 0 Å². The van der Waals surface area contributed by atoms with Crippen LogP contribution in [0.5, 0.6) is 0 Å². The Bertz CT molecular complexity index is 1490. The van der Waals surface area contributed by atoms with Crippen molar-refractivity contribution in [3.63, 3.8) is 0 Å². The Morgan fingerprint density at radius 2 is 1.84 bits per heavy atom. The van der Waals surface area contributed by atoms with E-state index in [4.69, 9.17) is 12.2 Å². The maximum Gasteiger partial charge on any atom is 0.226 e. The quantitative estimate of drug-likeness (QED) is 0.240. The molecule has 1 aliphatic rings. The summed E-state index contributed by atoms with van der Waals surface area (Å²) in [5, 5.41) is 7.18. The number of para-hydroxylation sites is 1. The average molecular weight is 589 g/mol. The average Bonchev–Trinajstić information content (AvgIpc) is 3.39. The van der Waals surface area contributed by atoms with Crippen LogP contribution in [-0.2, 0) is 4.79 Å². The summed E-state index contributed by atoms with van der Waals surface area (Å²) in [5.74, 6) is -0.0401. The molecule has 1 aliphatic heterocycles. The highest BCUT2D eigenvalue weighted by atomic mass is 79.9. The van der Waals surface area contributed by atoms with Crippen molar-refractivity contribution in [2.45, 2.75) is 39.3 Å². The van der Waals surface area contributed by atoms with E-state index in [0.29, 0.717) is 18.1 Å². The number of nitrogens with zero attached hydrogens (tertiary/aromatic N) is 3. The number of aromatic nitrogens is 2. The smallest absolute Gasteiger partial charge is 0.226 e. The zero-order valence-corrected chi connectivity index (χ0v) is 24.0. The van der Waals surface area contributed by atoms with Gasteiger partial charge in [-0.25, -0.2) is 0 Å². The summed E-state index contributed by atoms with van der Waals surface area (Å²) in [4.78, 5) is 19.7. The van der Waals surface area contributed by atoms with Crippen LogP contribution in [0.3, 0.4) is 0 Å². The highest BCUT2D eigenvalue weighted by Gasteiger charge is 2.41. The molecule has 0 unspecified atom stereocenters. The Morgan fingerprint density at radius 3 is 2.58 bits per heavy atom. The molecule has 0 saturated carbocycles. The molecule has 1 fully saturated rings. The second-order valence-corrected chi connectivity index (χ2v) is 10.9. The Morgan fingerprint density at radius 1 is 1.05 bits per heavy atom. The number of hydrogen-bond donors (Lipinski definition) is 2. The normalized spacial score (nSPS) is 16.9. The molecule has 2 N–H and O–H groups in total. The first-order chi connectivity index (χ1) is 18.3. The summed E-state index contributed by atoms with van der Waals surface area (Å²) < 4.78 is 3.29. The summed E-state index contributed by atoms with van der Waals surface area (Å²) in [7, 11) is 0. The maximum atomic E-state index is 12.9. The third-order valence-electron chi connectivity index (χ3n) is 7.05. The van der Waals surface area contributed by atoms with Gasteiger partial charge in [-0.15, -0.1) is 0 Å². The summed E-state index contributed by atoms with van der Waals surface area (Å²) >= 11 is 9.44. The largest absolute Gasteiger partial charge is 0.352 e. The maximum absolute atomic E-state index is 12.9. The lowest BCUT2D eigenvalue weighted by atomic mass is 9.96. The van der Waals surface area contributed by atoms with E-state index in [0.717, 1.165) is 44.1 Å². The Balaban J connectivity index is 1.48. The number of aryl methyl sites for hydroxylation is 2. The van der Waals surface area contributed by atoms with Crippen LogP contribution >= 0.6 is 28.1 Å². The molecule has 0 radical (unpaired) electrons. The van der Waals surface area contributed by atoms with E-state index in [-0.39, 0.29) is 18.0 Å². The number of halogens is 1. The first-order valence-corrected chi connectivity index (χ1v) is 13.8. The minimum atomic E-state index is -0.139. The lowest BCUT2D eigenvalue weighted by Gasteiger charge is -2.28. The predicted octanol–water partition coefficient (Wildman–Crippen LogP) is 6.56. The second-order valence-electron chi connectivity index (χ2n) is 9.57. The number of thiocarbonyl (C=S) groups is 1. The van der Waals surface area contributed by atoms with Crippen LogP contribution in [0, 0.1) is 20.8 Å². The minimum absolute atomic E-state index is 0.0401. The van der Waals surface area contributed by atoms with E-state index in [1.807, 2.05) is 61.5 Å². The van der Waals surface area contributed by atoms with Crippen LogP contribution in [-0.4, -0.2) is 32.0 Å². The Hall–Kier alpha value is -3.49. The molecule has 6 nitrogen and oxygen atoms in total. The third kappa shape index (κ3) is 5.24. The van der Waals surface area contributed by atoms with Crippen molar-refractivity contribution in [1.29, 1.82) is 0 Å². The standard InChI is InChI=1S/C30H30BrN5OS/c1-19-9-4-5-12-25(19)33-27(37)14-16-35-29(28(34-30(35)38)26-13-6-7-15-32-26)24-17-20(2)36(21(24)3)23-11-8-10-22(31)18-23/h4-13,15,17-18,28-29H,14,16H2,1-3H3,(H,33,37)(H,34,38)/t28-,29+/m1/s1. The van der Waals surface area contributed by atoms with Crippen molar-refractivity contribution < 1.29 is 4.79 Å². The van der Waals surface area contributed by atoms with Crippen molar-refractivity contribution in [2.75, 3.05) is 11.9 Å². The monoisotopic (exact) mass is 587 g/mol. The lowest BCUT2D eigenvalue weighted by Crippen LogP contribution is -2.33. The van der Waals surface area contributed by atoms with Crippen LogP contribution in [0.2, 0.25) is 0 Å². The lowest BCUT2D eigenvalue weighted by molar-refractivity contribution is -0.116. The fraction of sp³-hybridized carbons (Fsp3) is 0.233. The van der Waals surface area contributed by atoms with Gasteiger partial charge >= 0.3 is 0 Å². The Kier molecular flexibility index (Phi) is 7.63. The van der Waals surface area contributed by atoms with Gasteiger partial charge in [0.2, 0.25) is 5.91 Å². The van der Waals surface area contributed by atoms with Crippen molar-refractivity contribution in [3.8, 4) is 5.69 Å². The number of anilines is 1. The zero-order valence-electron chi connectivity index (χ0n) is 21.6. The number of nitrogens with one attached hydrogen (secondary N) is 2. The van der Waals surface area contributed by atoms with Gasteiger partial charge in [0.15, 0.2) is 5.11 Å². The van der Waals surface area contributed by atoms with Gasteiger partial charge in [-0.05, 0) is 86.6 Å². The van der Waals surface area contributed by atoms with Crippen molar-refractivity contribution >= 4 is 44.9 Å². The molecule has 0 aliphatic carbocycles. The highest BCUT2D eigenvalue weighted by Crippen LogP contribution is 2.41. The SMILES string of the molecule is Cc1ccccc1NC(=O)CCN1C(=S)N[C@H](c2ccccn2)[C@@H]1c1cc(C)n(-c2cccc(Br)c2)c1C. The molecule has 0 spiro atoms. The van der Waals surface area contributed by atoms with Gasteiger partial charge in [-0.1, -0.05) is 46.3 Å². The first kappa shape index (κ1) is 26.1. The van der Waals surface area contributed by atoms with Crippen molar-refractivity contribution in [1.82, 2.24) is 19.8 Å². The summed E-state index contributed by atoms with van der Waals surface area (Å²) in [6.45, 7) is 6.73. The fourth-order valence-corrected chi connectivity index (χ4v) is 5.95. The molecule has 194 valence electrons. The number of carbonyl (C=O) groups is 1. The molecule has 0 bridgehead atoms. The number of carbonyl (C=O) groups excluding carboxylic acids is 1. The highest BCUT2D eigenvalue weighted by molar-refractivity contribution is 9.10. The van der Waals surface area contributed by atoms with Crippen LogP contribution in [0.1, 0.15) is 46.7 Å². The third-order valence-corrected chi connectivity index (χ3v) is 7.90. The molecule has 38 heavy (non-hydrogen) atoms. The van der Waals surface area contributed by atoms with E-state index in [9.17, 15) is 4.79 Å². The van der Waals surface area contributed by atoms with E-state index in [1.54, 1.807) is 6.20 Å². The Labute approximate surface area is 237 Å². The fourth-order valence-electron chi connectivity index (χ4n) is 5.23. The van der Waals surface area contributed by atoms with E-state index < -0.39 is 0 Å². The van der Waals surface area contributed by atoms with E-state index in [2.05, 4.69) is 73.1 Å². The molecule has 4 aromatic rings. The van der Waals surface area contributed by atoms with Gasteiger partial charge in [0.1, 0.15) is 0 Å². The van der Waals surface area contributed by atoms with Crippen LogP contribution in [0.25, 0.3) is 5.69 Å². The van der Waals surface area contributed by atoms with Crippen LogP contribution < -0.4 is 10.6 Å². The first-order valence-electron chi connectivity index (χ1n) is 12.6. The van der Waals surface area contributed by atoms with Crippen LogP contribution in [0.4, 0.5) is 5.69 Å². The molecular weight excluding hydrogens is 558 g/mol. The number of rotatable bonds is 7. The molecular formula is C30H30BrN5OS.